The minimum atomic E-state index is 0.311. The van der Waals surface area contributed by atoms with Crippen molar-refractivity contribution in [3.05, 3.63) is 70.8 Å². The van der Waals surface area contributed by atoms with Crippen molar-refractivity contribution in [2.75, 3.05) is 6.54 Å². The molecule has 24 heavy (non-hydrogen) atoms. The molecule has 5 nitrogen and oxygen atoms in total. The predicted octanol–water partition coefficient (Wildman–Crippen LogP) is 3.15. The molecule has 3 aromatic rings. The molecule has 0 saturated heterocycles. The summed E-state index contributed by atoms with van der Waals surface area (Å²) in [5.74, 6) is 1.38. The van der Waals surface area contributed by atoms with E-state index in [1.807, 2.05) is 6.33 Å². The summed E-state index contributed by atoms with van der Waals surface area (Å²) in [6.07, 6.45) is 2.76. The summed E-state index contributed by atoms with van der Waals surface area (Å²) >= 11 is 0. The summed E-state index contributed by atoms with van der Waals surface area (Å²) in [7, 11) is 0. The average Bonchev–Trinajstić information content (AvgIpc) is 3.22. The van der Waals surface area contributed by atoms with Gasteiger partial charge in [0.2, 0.25) is 0 Å². The molecule has 5 heteroatoms. The van der Waals surface area contributed by atoms with Crippen LogP contribution in [0.4, 0.5) is 0 Å². The van der Waals surface area contributed by atoms with Gasteiger partial charge in [-0.2, -0.15) is 0 Å². The van der Waals surface area contributed by atoms with Crippen LogP contribution in [0.15, 0.2) is 36.7 Å². The molecule has 0 fully saturated rings. The van der Waals surface area contributed by atoms with Gasteiger partial charge in [0.25, 0.3) is 0 Å². The molecule has 3 heterocycles. The van der Waals surface area contributed by atoms with Crippen LogP contribution in [0.5, 0.6) is 0 Å². The van der Waals surface area contributed by atoms with Crippen LogP contribution in [0, 0.1) is 6.92 Å². The van der Waals surface area contributed by atoms with E-state index in [0.29, 0.717) is 5.92 Å². The van der Waals surface area contributed by atoms with Crippen LogP contribution in [0.25, 0.3) is 0 Å². The van der Waals surface area contributed by atoms with Gasteiger partial charge < -0.3 is 9.97 Å². The monoisotopic (exact) mass is 321 g/mol. The van der Waals surface area contributed by atoms with E-state index in [-0.39, 0.29) is 0 Å². The first-order valence-corrected chi connectivity index (χ1v) is 8.58. The fraction of sp³-hybridized carbons (Fsp3) is 0.368. The number of H-pyrrole nitrogens is 2. The number of nitrogens with zero attached hydrogens (tertiary/aromatic N) is 3. The van der Waals surface area contributed by atoms with E-state index < -0.39 is 0 Å². The molecule has 1 aromatic carbocycles. The molecule has 0 bridgehead atoms. The highest BCUT2D eigenvalue weighted by molar-refractivity contribution is 5.33. The maximum Gasteiger partial charge on any atom is 0.106 e. The lowest BCUT2D eigenvalue weighted by Gasteiger charge is -2.32. The van der Waals surface area contributed by atoms with Crippen LogP contribution in [-0.4, -0.2) is 31.4 Å². The number of rotatable bonds is 4. The molecule has 1 aliphatic rings. The highest BCUT2D eigenvalue weighted by Gasteiger charge is 2.29. The fourth-order valence-electron chi connectivity index (χ4n) is 3.56. The van der Waals surface area contributed by atoms with Gasteiger partial charge in [-0.25, -0.2) is 9.97 Å². The Balaban J connectivity index is 1.61. The van der Waals surface area contributed by atoms with E-state index in [1.165, 1.54) is 22.6 Å². The highest BCUT2D eigenvalue weighted by Crippen LogP contribution is 2.32. The van der Waals surface area contributed by atoms with Gasteiger partial charge in [-0.1, -0.05) is 37.3 Å². The van der Waals surface area contributed by atoms with Crippen molar-refractivity contribution in [3.63, 3.8) is 0 Å². The topological polar surface area (TPSA) is 60.6 Å². The van der Waals surface area contributed by atoms with Gasteiger partial charge in [0.15, 0.2) is 0 Å². The summed E-state index contributed by atoms with van der Waals surface area (Å²) in [4.78, 5) is 18.5. The summed E-state index contributed by atoms with van der Waals surface area (Å²) in [5.41, 5.74) is 6.06. The van der Waals surface area contributed by atoms with Crippen molar-refractivity contribution in [2.24, 2.45) is 0 Å². The van der Waals surface area contributed by atoms with Crippen molar-refractivity contribution in [2.45, 2.75) is 39.3 Å². The van der Waals surface area contributed by atoms with Crippen LogP contribution >= 0.6 is 0 Å². The number of hydrogen-bond acceptors (Lipinski definition) is 3. The summed E-state index contributed by atoms with van der Waals surface area (Å²) in [6, 6.07) is 10.7. The Morgan fingerprint density at radius 2 is 2.08 bits per heavy atom. The highest BCUT2D eigenvalue weighted by atomic mass is 15.2. The number of nitrogens with one attached hydrogen (secondary N) is 2. The quantitative estimate of drug-likeness (QED) is 0.776. The van der Waals surface area contributed by atoms with Crippen LogP contribution in [0.3, 0.4) is 0 Å². The summed E-state index contributed by atoms with van der Waals surface area (Å²) in [5, 5.41) is 0. The second kappa shape index (κ2) is 6.24. The minimum absolute atomic E-state index is 0.311. The number of aryl methyl sites for hydroxylation is 2. The van der Waals surface area contributed by atoms with Crippen LogP contribution in [0.1, 0.15) is 47.0 Å². The molecule has 1 unspecified atom stereocenters. The molecule has 2 aromatic heterocycles. The molecule has 0 radical (unpaired) electrons. The number of aromatic nitrogens is 4. The molecule has 0 spiro atoms. The summed E-state index contributed by atoms with van der Waals surface area (Å²) in [6.45, 7) is 6.97. The molecule has 0 aliphatic carbocycles. The number of aromatic amines is 2. The zero-order chi connectivity index (χ0) is 16.5. The first kappa shape index (κ1) is 15.1. The fourth-order valence-corrected chi connectivity index (χ4v) is 3.56. The average molecular weight is 321 g/mol. The second-order valence-electron chi connectivity index (χ2n) is 6.51. The van der Waals surface area contributed by atoms with E-state index in [1.54, 1.807) is 0 Å². The number of benzene rings is 1. The molecule has 2 N–H and O–H groups in total. The normalized spacial score (nSPS) is 17.8. The van der Waals surface area contributed by atoms with Crippen molar-refractivity contribution in [1.29, 1.82) is 0 Å². The summed E-state index contributed by atoms with van der Waals surface area (Å²) < 4.78 is 0. The third-order valence-corrected chi connectivity index (χ3v) is 4.85. The van der Waals surface area contributed by atoms with E-state index in [4.69, 9.17) is 4.98 Å². The second-order valence-corrected chi connectivity index (χ2v) is 6.51. The molecule has 124 valence electrons. The minimum Gasteiger partial charge on any atom is -0.347 e. The SMILES string of the molecule is CCc1nc(CN2Cc3[nH]cnc3C(c3ccccc3)C2)c(C)[nH]1. The standard InChI is InChI=1S/C19H23N5/c1-3-18-22-13(2)16(23-18)10-24-9-15(14-7-5-4-6-8-14)19-17(11-24)20-12-21-19/h4-8,12,15H,3,9-11H2,1-2H3,(H,20,21)(H,22,23). The number of fused-ring (bicyclic) bond motifs is 1. The maximum absolute atomic E-state index is 4.74. The first-order valence-electron chi connectivity index (χ1n) is 8.58. The van der Waals surface area contributed by atoms with E-state index in [9.17, 15) is 0 Å². The number of hydrogen-bond donors (Lipinski definition) is 2. The van der Waals surface area contributed by atoms with Gasteiger partial charge in [-0.05, 0) is 12.5 Å². The number of imidazole rings is 2. The Hall–Kier alpha value is -2.40. The van der Waals surface area contributed by atoms with Crippen molar-refractivity contribution < 1.29 is 0 Å². The van der Waals surface area contributed by atoms with Gasteiger partial charge in [0.1, 0.15) is 5.82 Å². The Kier molecular flexibility index (Phi) is 3.94. The third-order valence-electron chi connectivity index (χ3n) is 4.85. The van der Waals surface area contributed by atoms with E-state index >= 15 is 0 Å². The van der Waals surface area contributed by atoms with Crippen molar-refractivity contribution in [3.8, 4) is 0 Å². The van der Waals surface area contributed by atoms with Gasteiger partial charge >= 0.3 is 0 Å². The third kappa shape index (κ3) is 2.76. The largest absolute Gasteiger partial charge is 0.347 e. The maximum atomic E-state index is 4.74. The first-order chi connectivity index (χ1) is 11.7. The zero-order valence-corrected chi connectivity index (χ0v) is 14.2. The van der Waals surface area contributed by atoms with Gasteiger partial charge in [0, 0.05) is 37.7 Å². The molecular formula is C19H23N5. The molecule has 4 rings (SSSR count). The Morgan fingerprint density at radius 1 is 1.25 bits per heavy atom. The Morgan fingerprint density at radius 3 is 2.83 bits per heavy atom. The van der Waals surface area contributed by atoms with Gasteiger partial charge in [-0.15, -0.1) is 0 Å². The van der Waals surface area contributed by atoms with Crippen LogP contribution < -0.4 is 0 Å². The molecule has 1 aliphatic heterocycles. The lowest BCUT2D eigenvalue weighted by Crippen LogP contribution is -2.34. The van der Waals surface area contributed by atoms with Crippen LogP contribution in [0.2, 0.25) is 0 Å². The molecule has 1 atom stereocenters. The smallest absolute Gasteiger partial charge is 0.106 e. The van der Waals surface area contributed by atoms with Gasteiger partial charge in [-0.3, -0.25) is 4.90 Å². The Labute approximate surface area is 142 Å². The van der Waals surface area contributed by atoms with Crippen molar-refractivity contribution in [1.82, 2.24) is 24.8 Å². The molecule has 0 saturated carbocycles. The Bertz CT molecular complexity index is 817. The molecular weight excluding hydrogens is 298 g/mol. The van der Waals surface area contributed by atoms with Crippen molar-refractivity contribution >= 4 is 0 Å². The molecule has 0 amide bonds. The van der Waals surface area contributed by atoms with Gasteiger partial charge in [0.05, 0.1) is 23.4 Å². The predicted molar refractivity (Wildman–Crippen MR) is 93.7 cm³/mol. The van der Waals surface area contributed by atoms with Crippen LogP contribution in [-0.2, 0) is 19.5 Å². The zero-order valence-electron chi connectivity index (χ0n) is 14.2. The van der Waals surface area contributed by atoms with E-state index in [2.05, 4.69) is 64.0 Å². The lowest BCUT2D eigenvalue weighted by atomic mass is 9.91. The van der Waals surface area contributed by atoms with E-state index in [0.717, 1.165) is 37.6 Å². The lowest BCUT2D eigenvalue weighted by molar-refractivity contribution is 0.225.